The van der Waals surface area contributed by atoms with Crippen molar-refractivity contribution in [3.8, 4) is 11.4 Å². The largest absolute Gasteiger partial charge is 0.477 e. The second-order valence-electron chi connectivity index (χ2n) is 6.04. The number of aromatic nitrogens is 1. The summed E-state index contributed by atoms with van der Waals surface area (Å²) in [6, 6.07) is 15.2. The minimum Gasteiger partial charge on any atom is -0.477 e. The third-order valence-corrected chi connectivity index (χ3v) is 4.43. The molecule has 0 aliphatic rings. The van der Waals surface area contributed by atoms with Crippen molar-refractivity contribution in [2.45, 2.75) is 6.92 Å². The molecular formula is C20H17ClN4O4. The van der Waals surface area contributed by atoms with Crippen LogP contribution < -0.4 is 10.2 Å². The number of nitro benzene ring substituents is 1. The molecule has 9 heteroatoms. The molecule has 0 atom stereocenters. The van der Waals surface area contributed by atoms with Crippen LogP contribution in [0.25, 0.3) is 5.69 Å². The monoisotopic (exact) mass is 412 g/mol. The molecular weight excluding hydrogens is 396 g/mol. The SMILES string of the molecule is Cc1ccc(-n2cccc2/C=N/NC(=O)COc2ccccc2[N+](=O)[O-])cc1Cl. The number of halogens is 1. The molecule has 1 heterocycles. The first-order valence-electron chi connectivity index (χ1n) is 8.57. The molecule has 0 fully saturated rings. The van der Waals surface area contributed by atoms with Crippen molar-refractivity contribution >= 4 is 29.4 Å². The summed E-state index contributed by atoms with van der Waals surface area (Å²) in [4.78, 5) is 22.3. The average Bonchev–Trinajstić information content (AvgIpc) is 3.17. The summed E-state index contributed by atoms with van der Waals surface area (Å²) >= 11 is 6.18. The number of nitrogens with zero attached hydrogens (tertiary/aromatic N) is 3. The highest BCUT2D eigenvalue weighted by molar-refractivity contribution is 6.31. The molecule has 1 amide bonds. The number of hydrazone groups is 1. The van der Waals surface area contributed by atoms with Crippen LogP contribution in [0.15, 0.2) is 65.9 Å². The number of amides is 1. The number of carbonyl (C=O) groups excluding carboxylic acids is 1. The molecule has 0 aliphatic carbocycles. The van der Waals surface area contributed by atoms with Crippen LogP contribution in [0.1, 0.15) is 11.3 Å². The summed E-state index contributed by atoms with van der Waals surface area (Å²) in [5, 5.41) is 15.5. The van der Waals surface area contributed by atoms with Crippen molar-refractivity contribution in [1.82, 2.24) is 9.99 Å². The Morgan fingerprint density at radius 2 is 2.07 bits per heavy atom. The van der Waals surface area contributed by atoms with Crippen molar-refractivity contribution in [1.29, 1.82) is 0 Å². The van der Waals surface area contributed by atoms with E-state index in [2.05, 4.69) is 10.5 Å². The standard InChI is InChI=1S/C20H17ClN4O4/c1-14-8-9-15(11-17(14)21)24-10-4-5-16(24)12-22-23-20(26)13-29-19-7-3-2-6-18(19)25(27)28/h2-12H,13H2,1H3,(H,23,26)/b22-12+. The van der Waals surface area contributed by atoms with E-state index in [1.165, 1.54) is 24.4 Å². The molecule has 1 N–H and O–H groups in total. The maximum absolute atomic E-state index is 11.9. The first kappa shape index (κ1) is 20.1. The summed E-state index contributed by atoms with van der Waals surface area (Å²) < 4.78 is 7.08. The van der Waals surface area contributed by atoms with Crippen LogP contribution in [0.4, 0.5) is 5.69 Å². The molecule has 8 nitrogen and oxygen atoms in total. The van der Waals surface area contributed by atoms with Gasteiger partial charge in [0.05, 0.1) is 16.8 Å². The van der Waals surface area contributed by atoms with Gasteiger partial charge in [-0.25, -0.2) is 5.43 Å². The van der Waals surface area contributed by atoms with Gasteiger partial charge in [-0.15, -0.1) is 0 Å². The van der Waals surface area contributed by atoms with Crippen LogP contribution in [0.3, 0.4) is 0 Å². The van der Waals surface area contributed by atoms with Gasteiger partial charge in [-0.3, -0.25) is 14.9 Å². The Bertz CT molecular complexity index is 1080. The van der Waals surface area contributed by atoms with Gasteiger partial charge in [0.2, 0.25) is 0 Å². The van der Waals surface area contributed by atoms with Crippen LogP contribution in [-0.2, 0) is 4.79 Å². The quantitative estimate of drug-likeness (QED) is 0.361. The zero-order valence-electron chi connectivity index (χ0n) is 15.4. The third-order valence-electron chi connectivity index (χ3n) is 4.02. The molecule has 1 aromatic heterocycles. The van der Waals surface area contributed by atoms with E-state index in [-0.39, 0.29) is 11.4 Å². The van der Waals surface area contributed by atoms with Crippen LogP contribution in [-0.4, -0.2) is 28.2 Å². The minimum absolute atomic E-state index is 0.0155. The number of hydrogen-bond acceptors (Lipinski definition) is 5. The molecule has 3 aromatic rings. The second-order valence-corrected chi connectivity index (χ2v) is 6.45. The van der Waals surface area contributed by atoms with Gasteiger partial charge in [-0.2, -0.15) is 5.10 Å². The van der Waals surface area contributed by atoms with E-state index in [9.17, 15) is 14.9 Å². The number of carbonyl (C=O) groups is 1. The maximum Gasteiger partial charge on any atom is 0.310 e. The lowest BCUT2D eigenvalue weighted by Gasteiger charge is -2.08. The average molecular weight is 413 g/mol. The van der Waals surface area contributed by atoms with Crippen LogP contribution in [0.2, 0.25) is 5.02 Å². The van der Waals surface area contributed by atoms with E-state index in [0.717, 1.165) is 16.9 Å². The van der Waals surface area contributed by atoms with Crippen molar-refractivity contribution in [2.75, 3.05) is 6.61 Å². The topological polar surface area (TPSA) is 98.8 Å². The summed E-state index contributed by atoms with van der Waals surface area (Å²) in [7, 11) is 0. The van der Waals surface area contributed by atoms with E-state index < -0.39 is 17.4 Å². The predicted molar refractivity (Wildman–Crippen MR) is 110 cm³/mol. The van der Waals surface area contributed by atoms with Crippen LogP contribution in [0.5, 0.6) is 5.75 Å². The first-order chi connectivity index (χ1) is 14.0. The highest BCUT2D eigenvalue weighted by Gasteiger charge is 2.14. The Balaban J connectivity index is 1.61. The van der Waals surface area contributed by atoms with Gasteiger partial charge < -0.3 is 9.30 Å². The van der Waals surface area contributed by atoms with Gasteiger partial charge in [0, 0.05) is 23.0 Å². The fraction of sp³-hybridized carbons (Fsp3) is 0.100. The third kappa shape index (κ3) is 4.99. The number of rotatable bonds is 7. The van der Waals surface area contributed by atoms with Gasteiger partial charge in [-0.05, 0) is 42.8 Å². The summed E-state index contributed by atoms with van der Waals surface area (Å²) in [5.74, 6) is -0.530. The smallest absolute Gasteiger partial charge is 0.310 e. The predicted octanol–water partition coefficient (Wildman–Crippen LogP) is 3.88. The Morgan fingerprint density at radius 1 is 1.28 bits per heavy atom. The van der Waals surface area contributed by atoms with E-state index in [4.69, 9.17) is 16.3 Å². The molecule has 0 spiro atoms. The zero-order chi connectivity index (χ0) is 20.8. The normalized spacial score (nSPS) is 10.8. The molecule has 0 bridgehead atoms. The van der Waals surface area contributed by atoms with E-state index in [1.807, 2.05) is 48.0 Å². The maximum atomic E-state index is 11.9. The van der Waals surface area contributed by atoms with Gasteiger partial charge >= 0.3 is 5.69 Å². The number of para-hydroxylation sites is 2. The van der Waals surface area contributed by atoms with Gasteiger partial charge in [-0.1, -0.05) is 29.8 Å². The number of benzene rings is 2. The van der Waals surface area contributed by atoms with Crippen molar-refractivity contribution < 1.29 is 14.5 Å². The van der Waals surface area contributed by atoms with Crippen LogP contribution >= 0.6 is 11.6 Å². The highest BCUT2D eigenvalue weighted by atomic mass is 35.5. The minimum atomic E-state index is -0.573. The second kappa shape index (κ2) is 9.03. The number of hydrogen-bond donors (Lipinski definition) is 1. The Labute approximate surface area is 171 Å². The van der Waals surface area contributed by atoms with Gasteiger partial charge in [0.1, 0.15) is 0 Å². The first-order valence-corrected chi connectivity index (χ1v) is 8.95. The Hall–Kier alpha value is -3.65. The lowest BCUT2D eigenvalue weighted by atomic mass is 10.2. The molecule has 29 heavy (non-hydrogen) atoms. The van der Waals surface area contributed by atoms with E-state index >= 15 is 0 Å². The Morgan fingerprint density at radius 3 is 2.83 bits per heavy atom. The number of aryl methyl sites for hydroxylation is 1. The van der Waals surface area contributed by atoms with Crippen molar-refractivity contribution in [2.24, 2.45) is 5.10 Å². The molecule has 0 unspecified atom stereocenters. The summed E-state index contributed by atoms with van der Waals surface area (Å²) in [6.07, 6.45) is 3.33. The van der Waals surface area contributed by atoms with E-state index in [1.54, 1.807) is 6.07 Å². The molecule has 0 saturated carbocycles. The van der Waals surface area contributed by atoms with Crippen LogP contribution in [0, 0.1) is 17.0 Å². The molecule has 0 aliphatic heterocycles. The molecule has 0 radical (unpaired) electrons. The zero-order valence-corrected chi connectivity index (χ0v) is 16.2. The highest BCUT2D eigenvalue weighted by Crippen LogP contribution is 2.25. The number of nitrogens with one attached hydrogen (secondary N) is 1. The molecule has 3 rings (SSSR count). The van der Waals surface area contributed by atoms with Crippen molar-refractivity contribution in [3.63, 3.8) is 0 Å². The van der Waals surface area contributed by atoms with Gasteiger partial charge in [0.25, 0.3) is 5.91 Å². The summed E-state index contributed by atoms with van der Waals surface area (Å²) in [5.41, 5.74) is 4.69. The molecule has 2 aromatic carbocycles. The fourth-order valence-corrected chi connectivity index (χ4v) is 2.72. The number of ether oxygens (including phenoxy) is 1. The molecule has 0 saturated heterocycles. The fourth-order valence-electron chi connectivity index (χ4n) is 2.54. The summed E-state index contributed by atoms with van der Waals surface area (Å²) in [6.45, 7) is 1.52. The van der Waals surface area contributed by atoms with Gasteiger partial charge in [0.15, 0.2) is 12.4 Å². The Kier molecular flexibility index (Phi) is 6.25. The molecule has 148 valence electrons. The lowest BCUT2D eigenvalue weighted by Crippen LogP contribution is -2.24. The van der Waals surface area contributed by atoms with Crippen molar-refractivity contribution in [3.05, 3.63) is 87.2 Å². The van der Waals surface area contributed by atoms with E-state index in [0.29, 0.717) is 5.02 Å². The lowest BCUT2D eigenvalue weighted by molar-refractivity contribution is -0.385. The number of nitro groups is 1.